The van der Waals surface area contributed by atoms with E-state index in [9.17, 15) is 4.79 Å². The van der Waals surface area contributed by atoms with Crippen LogP contribution in [0, 0.1) is 0 Å². The molecule has 1 heterocycles. The molecule has 0 aliphatic carbocycles. The van der Waals surface area contributed by atoms with E-state index in [1.807, 2.05) is 35.9 Å². The van der Waals surface area contributed by atoms with E-state index >= 15 is 0 Å². The highest BCUT2D eigenvalue weighted by molar-refractivity contribution is 5.75. The molecule has 1 aromatic heterocycles. The molecule has 0 unspecified atom stereocenters. The van der Waals surface area contributed by atoms with E-state index in [-0.39, 0.29) is 5.69 Å². The van der Waals surface area contributed by atoms with Crippen LogP contribution in [0.4, 0.5) is 0 Å². The summed E-state index contributed by atoms with van der Waals surface area (Å²) in [5.74, 6) is 0. The number of fused-ring (bicyclic) bond motifs is 1. The summed E-state index contributed by atoms with van der Waals surface area (Å²) < 4.78 is 3.63. The number of benzene rings is 1. The first kappa shape index (κ1) is 12.0. The van der Waals surface area contributed by atoms with Gasteiger partial charge in [-0.05, 0) is 18.6 Å². The third-order valence-electron chi connectivity index (χ3n) is 3.29. The number of imidazole rings is 1. The summed E-state index contributed by atoms with van der Waals surface area (Å²) in [6, 6.07) is 7.99. The van der Waals surface area contributed by atoms with Crippen LogP contribution in [-0.4, -0.2) is 9.13 Å². The summed E-state index contributed by atoms with van der Waals surface area (Å²) >= 11 is 0. The second-order valence-electron chi connectivity index (χ2n) is 4.54. The maximum atomic E-state index is 12.1. The van der Waals surface area contributed by atoms with Crippen molar-refractivity contribution in [2.24, 2.45) is 7.05 Å². The van der Waals surface area contributed by atoms with Crippen LogP contribution in [0.15, 0.2) is 29.1 Å². The monoisotopic (exact) mass is 232 g/mol. The van der Waals surface area contributed by atoms with Gasteiger partial charge >= 0.3 is 5.69 Å². The Morgan fingerprint density at radius 2 is 1.76 bits per heavy atom. The third kappa shape index (κ3) is 2.28. The summed E-state index contributed by atoms with van der Waals surface area (Å²) in [6.07, 6.45) is 4.76. The van der Waals surface area contributed by atoms with E-state index in [0.717, 1.165) is 24.0 Å². The van der Waals surface area contributed by atoms with Crippen LogP contribution in [0.3, 0.4) is 0 Å². The summed E-state index contributed by atoms with van der Waals surface area (Å²) in [6.45, 7) is 3.03. The minimum Gasteiger partial charge on any atom is -0.295 e. The average Bonchev–Trinajstić information content (AvgIpc) is 2.60. The molecule has 0 radical (unpaired) electrons. The van der Waals surface area contributed by atoms with Crippen molar-refractivity contribution < 1.29 is 0 Å². The molecule has 0 spiro atoms. The van der Waals surface area contributed by atoms with Crippen LogP contribution >= 0.6 is 0 Å². The molecular weight excluding hydrogens is 212 g/mol. The molecule has 2 aromatic rings. The van der Waals surface area contributed by atoms with Crippen molar-refractivity contribution >= 4 is 11.0 Å². The first-order valence-electron chi connectivity index (χ1n) is 6.40. The first-order chi connectivity index (χ1) is 8.25. The van der Waals surface area contributed by atoms with Gasteiger partial charge in [0.25, 0.3) is 0 Å². The lowest BCUT2D eigenvalue weighted by Crippen LogP contribution is -2.22. The first-order valence-corrected chi connectivity index (χ1v) is 6.40. The molecule has 2 rings (SSSR count). The highest BCUT2D eigenvalue weighted by Gasteiger charge is 2.08. The molecule has 0 aliphatic rings. The Balaban J connectivity index is 2.27. The van der Waals surface area contributed by atoms with E-state index in [4.69, 9.17) is 0 Å². The summed E-state index contributed by atoms with van der Waals surface area (Å²) in [5, 5.41) is 0. The van der Waals surface area contributed by atoms with E-state index < -0.39 is 0 Å². The summed E-state index contributed by atoms with van der Waals surface area (Å²) in [7, 11) is 1.84. The average molecular weight is 232 g/mol. The molecular formula is C14H20N2O. The van der Waals surface area contributed by atoms with Gasteiger partial charge in [0.15, 0.2) is 0 Å². The van der Waals surface area contributed by atoms with Crippen molar-refractivity contribution in [2.75, 3.05) is 0 Å². The van der Waals surface area contributed by atoms with Gasteiger partial charge in [-0.1, -0.05) is 38.3 Å². The number of hydrogen-bond donors (Lipinski definition) is 0. The standard InChI is InChI=1S/C14H20N2O/c1-3-4-5-8-11-16-13-10-7-6-9-12(13)15(2)14(16)17/h6-7,9-10H,3-5,8,11H2,1-2H3. The van der Waals surface area contributed by atoms with Crippen LogP contribution in [0.25, 0.3) is 11.0 Å². The van der Waals surface area contributed by atoms with Gasteiger partial charge in [-0.3, -0.25) is 9.13 Å². The second-order valence-corrected chi connectivity index (χ2v) is 4.54. The Labute approximate surface area is 102 Å². The number of nitrogens with zero attached hydrogens (tertiary/aromatic N) is 2. The summed E-state index contributed by atoms with van der Waals surface area (Å²) in [4.78, 5) is 12.1. The Morgan fingerprint density at radius 1 is 1.06 bits per heavy atom. The van der Waals surface area contributed by atoms with Crippen LogP contribution in [0.5, 0.6) is 0 Å². The van der Waals surface area contributed by atoms with Crippen LogP contribution in [0.1, 0.15) is 32.6 Å². The molecule has 0 atom stereocenters. The van der Waals surface area contributed by atoms with Crippen LogP contribution in [0.2, 0.25) is 0 Å². The highest BCUT2D eigenvalue weighted by Crippen LogP contribution is 2.12. The van der Waals surface area contributed by atoms with Gasteiger partial charge in [0.2, 0.25) is 0 Å². The van der Waals surface area contributed by atoms with Gasteiger partial charge in [0.05, 0.1) is 11.0 Å². The van der Waals surface area contributed by atoms with E-state index in [1.165, 1.54) is 19.3 Å². The molecule has 0 amide bonds. The molecule has 0 saturated heterocycles. The van der Waals surface area contributed by atoms with Gasteiger partial charge in [-0.2, -0.15) is 0 Å². The molecule has 0 aliphatic heterocycles. The third-order valence-corrected chi connectivity index (χ3v) is 3.29. The molecule has 0 N–H and O–H groups in total. The number of aromatic nitrogens is 2. The number of hydrogen-bond acceptors (Lipinski definition) is 1. The van der Waals surface area contributed by atoms with E-state index in [2.05, 4.69) is 6.92 Å². The van der Waals surface area contributed by atoms with Crippen molar-refractivity contribution in [3.8, 4) is 0 Å². The molecule has 1 aromatic carbocycles. The molecule has 17 heavy (non-hydrogen) atoms. The molecule has 3 heteroatoms. The summed E-state index contributed by atoms with van der Waals surface area (Å²) in [5.41, 5.74) is 2.17. The molecule has 0 fully saturated rings. The Hall–Kier alpha value is -1.51. The van der Waals surface area contributed by atoms with Crippen molar-refractivity contribution in [1.29, 1.82) is 0 Å². The number of aryl methyl sites for hydroxylation is 2. The predicted molar refractivity (Wildman–Crippen MR) is 71.3 cm³/mol. The van der Waals surface area contributed by atoms with Gasteiger partial charge in [-0.15, -0.1) is 0 Å². The van der Waals surface area contributed by atoms with Crippen molar-refractivity contribution in [3.63, 3.8) is 0 Å². The quantitative estimate of drug-likeness (QED) is 0.728. The zero-order chi connectivity index (χ0) is 12.3. The fourth-order valence-corrected chi connectivity index (χ4v) is 2.28. The lowest BCUT2D eigenvalue weighted by Gasteiger charge is -2.02. The largest absolute Gasteiger partial charge is 0.328 e. The van der Waals surface area contributed by atoms with Crippen LogP contribution < -0.4 is 5.69 Å². The fraction of sp³-hybridized carbons (Fsp3) is 0.500. The Bertz CT molecular complexity index is 551. The minimum atomic E-state index is 0.0997. The Morgan fingerprint density at radius 3 is 2.47 bits per heavy atom. The smallest absolute Gasteiger partial charge is 0.295 e. The second kappa shape index (κ2) is 5.21. The lowest BCUT2D eigenvalue weighted by atomic mass is 10.2. The number of para-hydroxylation sites is 2. The fourth-order valence-electron chi connectivity index (χ4n) is 2.28. The maximum absolute atomic E-state index is 12.1. The van der Waals surface area contributed by atoms with Gasteiger partial charge < -0.3 is 0 Å². The topological polar surface area (TPSA) is 26.9 Å². The zero-order valence-corrected chi connectivity index (χ0v) is 10.6. The van der Waals surface area contributed by atoms with Crippen molar-refractivity contribution in [2.45, 2.75) is 39.2 Å². The van der Waals surface area contributed by atoms with Crippen LogP contribution in [-0.2, 0) is 13.6 Å². The molecule has 0 saturated carbocycles. The van der Waals surface area contributed by atoms with Gasteiger partial charge in [0, 0.05) is 13.6 Å². The van der Waals surface area contributed by atoms with E-state index in [1.54, 1.807) is 4.57 Å². The SMILES string of the molecule is CCCCCCn1c(=O)n(C)c2ccccc21. The molecule has 3 nitrogen and oxygen atoms in total. The van der Waals surface area contributed by atoms with E-state index in [0.29, 0.717) is 0 Å². The van der Waals surface area contributed by atoms with Gasteiger partial charge in [0.1, 0.15) is 0 Å². The molecule has 0 bridgehead atoms. The Kier molecular flexibility index (Phi) is 3.67. The van der Waals surface area contributed by atoms with Crippen molar-refractivity contribution in [1.82, 2.24) is 9.13 Å². The predicted octanol–water partition coefficient (Wildman–Crippen LogP) is 2.92. The van der Waals surface area contributed by atoms with Gasteiger partial charge in [-0.25, -0.2) is 4.79 Å². The van der Waals surface area contributed by atoms with Crippen molar-refractivity contribution in [3.05, 3.63) is 34.7 Å². The minimum absolute atomic E-state index is 0.0997. The maximum Gasteiger partial charge on any atom is 0.328 e. The number of rotatable bonds is 5. The highest BCUT2D eigenvalue weighted by atomic mass is 16.1. The molecule has 92 valence electrons. The zero-order valence-electron chi connectivity index (χ0n) is 10.6. The number of unbranched alkanes of at least 4 members (excludes halogenated alkanes) is 3. The normalized spacial score (nSPS) is 11.2. The lowest BCUT2D eigenvalue weighted by molar-refractivity contribution is 0.573.